The number of ketones is 1. The largest absolute Gasteiger partial charge is 0.495 e. The average Bonchev–Trinajstić information content (AvgIpc) is 2.91. The lowest BCUT2D eigenvalue weighted by atomic mass is 9.90. The monoisotopic (exact) mass is 414 g/mol. The highest BCUT2D eigenvalue weighted by Crippen LogP contribution is 2.30. The van der Waals surface area contributed by atoms with E-state index < -0.39 is 23.3 Å². The van der Waals surface area contributed by atoms with Gasteiger partial charge < -0.3 is 10.1 Å². The molecule has 0 spiro atoms. The van der Waals surface area contributed by atoms with Gasteiger partial charge in [0.25, 0.3) is 5.91 Å². The van der Waals surface area contributed by atoms with Crippen LogP contribution in [0.15, 0.2) is 42.5 Å². The standard InChI is InChI=1S/C22H23ClN2O4/c1-13(2)14-5-8-16(9-6-14)22(3)20(27)25(21(28)24-22)12-18(26)15-7-10-19(29-4)17(23)11-15/h5-11,13H,12H2,1-4H3,(H,24,28). The van der Waals surface area contributed by atoms with Crippen molar-refractivity contribution in [3.05, 3.63) is 64.2 Å². The van der Waals surface area contributed by atoms with E-state index in [1.807, 2.05) is 24.3 Å². The maximum absolute atomic E-state index is 13.0. The van der Waals surface area contributed by atoms with Crippen LogP contribution >= 0.6 is 11.6 Å². The van der Waals surface area contributed by atoms with E-state index in [4.69, 9.17) is 16.3 Å². The van der Waals surface area contributed by atoms with Gasteiger partial charge in [0, 0.05) is 5.56 Å². The summed E-state index contributed by atoms with van der Waals surface area (Å²) in [5.74, 6) is -0.0583. The Morgan fingerprint density at radius 3 is 2.38 bits per heavy atom. The Labute approximate surface area is 174 Å². The van der Waals surface area contributed by atoms with Gasteiger partial charge in [0.2, 0.25) is 0 Å². The molecular weight excluding hydrogens is 392 g/mol. The van der Waals surface area contributed by atoms with Crippen molar-refractivity contribution in [3.63, 3.8) is 0 Å². The van der Waals surface area contributed by atoms with Gasteiger partial charge in [-0.3, -0.25) is 14.5 Å². The SMILES string of the molecule is COc1ccc(C(=O)CN2C(=O)NC(C)(c3ccc(C(C)C)cc3)C2=O)cc1Cl. The lowest BCUT2D eigenvalue weighted by Crippen LogP contribution is -2.41. The fourth-order valence-corrected chi connectivity index (χ4v) is 3.57. The molecule has 3 rings (SSSR count). The van der Waals surface area contributed by atoms with Crippen LogP contribution in [0.3, 0.4) is 0 Å². The number of imide groups is 1. The second-order valence-electron chi connectivity index (χ2n) is 7.50. The van der Waals surface area contributed by atoms with Crippen LogP contribution in [0.25, 0.3) is 0 Å². The van der Waals surface area contributed by atoms with Crippen LogP contribution in [-0.4, -0.2) is 36.3 Å². The van der Waals surface area contributed by atoms with E-state index in [0.717, 1.165) is 10.5 Å². The predicted molar refractivity (Wildman–Crippen MR) is 110 cm³/mol. The molecule has 1 aliphatic rings. The highest BCUT2D eigenvalue weighted by molar-refractivity contribution is 6.32. The van der Waals surface area contributed by atoms with Crippen molar-refractivity contribution in [2.45, 2.75) is 32.2 Å². The number of nitrogens with one attached hydrogen (secondary N) is 1. The molecule has 0 bridgehead atoms. The fourth-order valence-electron chi connectivity index (χ4n) is 3.31. The van der Waals surface area contributed by atoms with Gasteiger partial charge in [0.15, 0.2) is 5.78 Å². The summed E-state index contributed by atoms with van der Waals surface area (Å²) in [6.45, 7) is 5.44. The van der Waals surface area contributed by atoms with Crippen LogP contribution in [0.4, 0.5) is 4.79 Å². The van der Waals surface area contributed by atoms with Crippen LogP contribution in [-0.2, 0) is 10.3 Å². The summed E-state index contributed by atoms with van der Waals surface area (Å²) in [4.78, 5) is 39.1. The second-order valence-corrected chi connectivity index (χ2v) is 7.90. The quantitative estimate of drug-likeness (QED) is 0.569. The van der Waals surface area contributed by atoms with E-state index in [0.29, 0.717) is 22.8 Å². The summed E-state index contributed by atoms with van der Waals surface area (Å²) in [7, 11) is 1.48. The normalized spacial score (nSPS) is 18.9. The molecule has 0 aliphatic carbocycles. The highest BCUT2D eigenvalue weighted by Gasteiger charge is 2.49. The number of hydrogen-bond donors (Lipinski definition) is 1. The van der Waals surface area contributed by atoms with E-state index in [1.54, 1.807) is 19.1 Å². The smallest absolute Gasteiger partial charge is 0.325 e. The van der Waals surface area contributed by atoms with Gasteiger partial charge in [0.1, 0.15) is 11.3 Å². The third-order valence-electron chi connectivity index (χ3n) is 5.21. The minimum Gasteiger partial charge on any atom is -0.495 e. The third-order valence-corrected chi connectivity index (χ3v) is 5.50. The minimum atomic E-state index is -1.22. The molecule has 1 saturated heterocycles. The number of halogens is 1. The van der Waals surface area contributed by atoms with Crippen LogP contribution in [0.5, 0.6) is 5.75 Å². The Morgan fingerprint density at radius 2 is 1.83 bits per heavy atom. The zero-order valence-corrected chi connectivity index (χ0v) is 17.5. The average molecular weight is 415 g/mol. The molecular formula is C22H23ClN2O4. The molecule has 1 unspecified atom stereocenters. The maximum Gasteiger partial charge on any atom is 0.325 e. The molecule has 3 amide bonds. The van der Waals surface area contributed by atoms with E-state index in [1.165, 1.54) is 13.2 Å². The summed E-state index contributed by atoms with van der Waals surface area (Å²) in [6, 6.07) is 11.5. The number of carbonyl (C=O) groups is 3. The Morgan fingerprint density at radius 1 is 1.17 bits per heavy atom. The number of rotatable bonds is 6. The van der Waals surface area contributed by atoms with Gasteiger partial charge in [-0.1, -0.05) is 49.7 Å². The second kappa shape index (κ2) is 7.87. The van der Waals surface area contributed by atoms with Crippen LogP contribution in [0.1, 0.15) is 48.2 Å². The predicted octanol–water partition coefficient (Wildman–Crippen LogP) is 4.12. The van der Waals surface area contributed by atoms with Gasteiger partial charge in [0.05, 0.1) is 18.7 Å². The van der Waals surface area contributed by atoms with Crippen molar-refractivity contribution in [1.82, 2.24) is 10.2 Å². The molecule has 2 aromatic rings. The number of hydrogen-bond acceptors (Lipinski definition) is 4. The first kappa shape index (κ1) is 20.9. The van der Waals surface area contributed by atoms with E-state index in [9.17, 15) is 14.4 Å². The first-order chi connectivity index (χ1) is 13.7. The van der Waals surface area contributed by atoms with E-state index in [2.05, 4.69) is 19.2 Å². The fraction of sp³-hybridized carbons (Fsp3) is 0.318. The van der Waals surface area contributed by atoms with Crippen LogP contribution in [0.2, 0.25) is 5.02 Å². The number of methoxy groups -OCH3 is 1. The number of carbonyl (C=O) groups excluding carboxylic acids is 3. The molecule has 1 heterocycles. The summed E-state index contributed by atoms with van der Waals surface area (Å²) in [6.07, 6.45) is 0. The number of benzene rings is 2. The summed E-state index contributed by atoms with van der Waals surface area (Å²) < 4.78 is 5.07. The Bertz CT molecular complexity index is 971. The first-order valence-electron chi connectivity index (χ1n) is 9.28. The zero-order chi connectivity index (χ0) is 21.3. The topological polar surface area (TPSA) is 75.7 Å². The number of amides is 3. The van der Waals surface area contributed by atoms with Gasteiger partial charge >= 0.3 is 6.03 Å². The lowest BCUT2D eigenvalue weighted by molar-refractivity contribution is -0.130. The van der Waals surface area contributed by atoms with Gasteiger partial charge in [-0.05, 0) is 42.2 Å². The number of urea groups is 1. The number of nitrogens with zero attached hydrogens (tertiary/aromatic N) is 1. The minimum absolute atomic E-state index is 0.283. The van der Waals surface area contributed by atoms with Crippen molar-refractivity contribution in [2.75, 3.05) is 13.7 Å². The Kier molecular flexibility index (Phi) is 5.66. The van der Waals surface area contributed by atoms with Crippen LogP contribution in [0, 0.1) is 0 Å². The molecule has 1 aliphatic heterocycles. The molecule has 0 radical (unpaired) electrons. The van der Waals surface area contributed by atoms with Crippen LogP contribution < -0.4 is 10.1 Å². The number of ether oxygens (including phenoxy) is 1. The van der Waals surface area contributed by atoms with Crippen molar-refractivity contribution >= 4 is 29.3 Å². The molecule has 152 valence electrons. The van der Waals surface area contributed by atoms with Gasteiger partial charge in [-0.25, -0.2) is 4.79 Å². The molecule has 1 N–H and O–H groups in total. The van der Waals surface area contributed by atoms with Crippen molar-refractivity contribution < 1.29 is 19.1 Å². The van der Waals surface area contributed by atoms with E-state index in [-0.39, 0.29) is 11.6 Å². The molecule has 1 atom stereocenters. The molecule has 7 heteroatoms. The third kappa shape index (κ3) is 3.85. The summed E-state index contributed by atoms with van der Waals surface area (Å²) in [5.41, 5.74) is 0.885. The van der Waals surface area contributed by atoms with Gasteiger partial charge in [-0.2, -0.15) is 0 Å². The first-order valence-corrected chi connectivity index (χ1v) is 9.66. The number of Topliss-reactive ketones (excluding diaryl/α,β-unsaturated/α-hetero) is 1. The summed E-state index contributed by atoms with van der Waals surface area (Å²) >= 11 is 6.07. The lowest BCUT2D eigenvalue weighted by Gasteiger charge is -2.22. The Balaban J connectivity index is 1.81. The van der Waals surface area contributed by atoms with Gasteiger partial charge in [-0.15, -0.1) is 0 Å². The van der Waals surface area contributed by atoms with Crippen molar-refractivity contribution in [3.8, 4) is 5.75 Å². The molecule has 0 aromatic heterocycles. The van der Waals surface area contributed by atoms with Crippen molar-refractivity contribution in [1.29, 1.82) is 0 Å². The maximum atomic E-state index is 13.0. The molecule has 0 saturated carbocycles. The molecule has 1 fully saturated rings. The highest BCUT2D eigenvalue weighted by atomic mass is 35.5. The van der Waals surface area contributed by atoms with E-state index >= 15 is 0 Å². The van der Waals surface area contributed by atoms with Crippen molar-refractivity contribution in [2.24, 2.45) is 0 Å². The molecule has 29 heavy (non-hydrogen) atoms. The molecule has 6 nitrogen and oxygen atoms in total. The Hall–Kier alpha value is -2.86. The summed E-state index contributed by atoms with van der Waals surface area (Å²) in [5, 5.41) is 3.00. The molecule has 2 aromatic carbocycles. The zero-order valence-electron chi connectivity index (χ0n) is 16.8.